The SMILES string of the molecule is CC/C(=C/C=O)c1cccc(O)c1. The highest BCUT2D eigenvalue weighted by Crippen LogP contribution is 2.20. The van der Waals surface area contributed by atoms with E-state index in [4.69, 9.17) is 0 Å². The molecule has 0 saturated heterocycles. The van der Waals surface area contributed by atoms with Crippen LogP contribution in [0.1, 0.15) is 18.9 Å². The van der Waals surface area contributed by atoms with Crippen molar-refractivity contribution in [1.82, 2.24) is 0 Å². The van der Waals surface area contributed by atoms with Crippen molar-refractivity contribution in [2.45, 2.75) is 13.3 Å². The van der Waals surface area contributed by atoms with Gasteiger partial charge in [-0.15, -0.1) is 0 Å². The van der Waals surface area contributed by atoms with Crippen LogP contribution in [0.4, 0.5) is 0 Å². The molecule has 0 saturated carbocycles. The van der Waals surface area contributed by atoms with Gasteiger partial charge in [0.25, 0.3) is 0 Å². The van der Waals surface area contributed by atoms with Gasteiger partial charge in [0.05, 0.1) is 0 Å². The first-order chi connectivity index (χ1) is 6.27. The van der Waals surface area contributed by atoms with Crippen LogP contribution in [-0.4, -0.2) is 11.4 Å². The summed E-state index contributed by atoms with van der Waals surface area (Å²) in [6.45, 7) is 1.97. The molecule has 13 heavy (non-hydrogen) atoms. The molecule has 2 nitrogen and oxygen atoms in total. The lowest BCUT2D eigenvalue weighted by Crippen LogP contribution is -1.82. The van der Waals surface area contributed by atoms with Gasteiger partial charge in [0.2, 0.25) is 0 Å². The summed E-state index contributed by atoms with van der Waals surface area (Å²) in [7, 11) is 0. The van der Waals surface area contributed by atoms with Crippen LogP contribution in [0, 0.1) is 0 Å². The van der Waals surface area contributed by atoms with E-state index in [0.717, 1.165) is 23.8 Å². The number of benzene rings is 1. The third-order valence-electron chi connectivity index (χ3n) is 1.87. The minimum atomic E-state index is 0.225. The molecule has 0 fully saturated rings. The van der Waals surface area contributed by atoms with Crippen molar-refractivity contribution >= 4 is 11.9 Å². The van der Waals surface area contributed by atoms with Gasteiger partial charge in [-0.05, 0) is 35.8 Å². The number of allylic oxidation sites excluding steroid dienone is 2. The molecule has 68 valence electrons. The Hall–Kier alpha value is -1.57. The Morgan fingerprint density at radius 3 is 2.85 bits per heavy atom. The van der Waals surface area contributed by atoms with E-state index in [1.807, 2.05) is 13.0 Å². The number of phenols is 1. The maximum atomic E-state index is 10.3. The zero-order valence-electron chi connectivity index (χ0n) is 7.53. The monoisotopic (exact) mass is 176 g/mol. The third kappa shape index (κ3) is 2.44. The van der Waals surface area contributed by atoms with Crippen molar-refractivity contribution in [1.29, 1.82) is 0 Å². The first-order valence-corrected chi connectivity index (χ1v) is 4.21. The zero-order chi connectivity index (χ0) is 9.68. The Balaban J connectivity index is 3.05. The van der Waals surface area contributed by atoms with Crippen LogP contribution in [0.5, 0.6) is 5.75 Å². The highest BCUT2D eigenvalue weighted by atomic mass is 16.3. The average molecular weight is 176 g/mol. The van der Waals surface area contributed by atoms with E-state index in [-0.39, 0.29) is 5.75 Å². The van der Waals surface area contributed by atoms with E-state index < -0.39 is 0 Å². The second-order valence-electron chi connectivity index (χ2n) is 2.73. The predicted molar refractivity (Wildman–Crippen MR) is 52.4 cm³/mol. The standard InChI is InChI=1S/C11H12O2/c1-2-9(6-7-12)10-4-3-5-11(13)8-10/h3-8,13H,2H2,1H3/b9-6-. The topological polar surface area (TPSA) is 37.3 Å². The predicted octanol–water partition coefficient (Wildman–Crippen LogP) is 2.38. The molecule has 0 aromatic heterocycles. The highest BCUT2D eigenvalue weighted by Gasteiger charge is 1.98. The van der Waals surface area contributed by atoms with Crippen LogP contribution < -0.4 is 0 Å². The van der Waals surface area contributed by atoms with Crippen LogP contribution >= 0.6 is 0 Å². The lowest BCUT2D eigenvalue weighted by atomic mass is 10.0. The van der Waals surface area contributed by atoms with Crippen LogP contribution in [0.25, 0.3) is 5.57 Å². The minimum absolute atomic E-state index is 0.225. The number of phenolic OH excluding ortho intramolecular Hbond substituents is 1. The largest absolute Gasteiger partial charge is 0.508 e. The normalized spacial score (nSPS) is 11.3. The number of rotatable bonds is 3. The van der Waals surface area contributed by atoms with Crippen molar-refractivity contribution in [3.8, 4) is 5.75 Å². The summed E-state index contributed by atoms with van der Waals surface area (Å²) in [6, 6.07) is 6.90. The minimum Gasteiger partial charge on any atom is -0.508 e. The van der Waals surface area contributed by atoms with Gasteiger partial charge in [0.1, 0.15) is 12.0 Å². The third-order valence-corrected chi connectivity index (χ3v) is 1.87. The van der Waals surface area contributed by atoms with Crippen molar-refractivity contribution in [2.24, 2.45) is 0 Å². The van der Waals surface area contributed by atoms with Gasteiger partial charge in [-0.2, -0.15) is 0 Å². The summed E-state index contributed by atoms with van der Waals surface area (Å²) in [5.41, 5.74) is 1.83. The molecule has 0 aliphatic rings. The number of carbonyl (C=O) groups is 1. The molecule has 0 bridgehead atoms. The van der Waals surface area contributed by atoms with Gasteiger partial charge in [-0.25, -0.2) is 0 Å². The van der Waals surface area contributed by atoms with Gasteiger partial charge in [-0.3, -0.25) is 4.79 Å². The van der Waals surface area contributed by atoms with E-state index in [1.165, 1.54) is 6.08 Å². The van der Waals surface area contributed by atoms with Crippen molar-refractivity contribution in [3.05, 3.63) is 35.9 Å². The first kappa shape index (κ1) is 9.52. The molecule has 0 spiro atoms. The molecule has 0 heterocycles. The first-order valence-electron chi connectivity index (χ1n) is 4.21. The molecular formula is C11H12O2. The van der Waals surface area contributed by atoms with Crippen LogP contribution in [0.2, 0.25) is 0 Å². The molecule has 1 aromatic carbocycles. The summed E-state index contributed by atoms with van der Waals surface area (Å²) in [5, 5.41) is 9.21. The van der Waals surface area contributed by atoms with E-state index in [1.54, 1.807) is 18.2 Å². The molecule has 0 aliphatic heterocycles. The molecular weight excluding hydrogens is 164 g/mol. The van der Waals surface area contributed by atoms with E-state index >= 15 is 0 Å². The summed E-state index contributed by atoms with van der Waals surface area (Å²) in [6.07, 6.45) is 3.07. The quantitative estimate of drug-likeness (QED) is 0.567. The van der Waals surface area contributed by atoms with Gasteiger partial charge in [0.15, 0.2) is 0 Å². The van der Waals surface area contributed by atoms with Gasteiger partial charge >= 0.3 is 0 Å². The molecule has 1 rings (SSSR count). The Bertz CT molecular complexity index is 327. The Morgan fingerprint density at radius 1 is 1.54 bits per heavy atom. The van der Waals surface area contributed by atoms with Gasteiger partial charge in [-0.1, -0.05) is 19.1 Å². The van der Waals surface area contributed by atoms with E-state index in [2.05, 4.69) is 0 Å². The Kier molecular flexibility index (Phi) is 3.26. The van der Waals surface area contributed by atoms with E-state index in [9.17, 15) is 9.90 Å². The molecule has 0 atom stereocenters. The fourth-order valence-electron chi connectivity index (χ4n) is 1.21. The summed E-state index contributed by atoms with van der Waals surface area (Å²) >= 11 is 0. The fraction of sp³-hybridized carbons (Fsp3) is 0.182. The molecule has 1 N–H and O–H groups in total. The molecule has 2 heteroatoms. The highest BCUT2D eigenvalue weighted by molar-refractivity contribution is 5.81. The van der Waals surface area contributed by atoms with Crippen LogP contribution in [-0.2, 0) is 4.79 Å². The molecule has 1 aromatic rings. The molecule has 0 aliphatic carbocycles. The molecule has 0 radical (unpaired) electrons. The Labute approximate surface area is 77.5 Å². The van der Waals surface area contributed by atoms with Gasteiger partial charge < -0.3 is 5.11 Å². The Morgan fingerprint density at radius 2 is 2.31 bits per heavy atom. The summed E-state index contributed by atoms with van der Waals surface area (Å²) in [4.78, 5) is 10.3. The molecule has 0 unspecified atom stereocenters. The van der Waals surface area contributed by atoms with Crippen molar-refractivity contribution in [2.75, 3.05) is 0 Å². The number of aldehydes is 1. The smallest absolute Gasteiger partial charge is 0.143 e. The summed E-state index contributed by atoms with van der Waals surface area (Å²) in [5.74, 6) is 0.225. The number of hydrogen-bond donors (Lipinski definition) is 1. The second kappa shape index (κ2) is 4.45. The lowest BCUT2D eigenvalue weighted by molar-refractivity contribution is -0.104. The number of hydrogen-bond acceptors (Lipinski definition) is 2. The zero-order valence-corrected chi connectivity index (χ0v) is 7.53. The fourth-order valence-corrected chi connectivity index (χ4v) is 1.21. The summed E-state index contributed by atoms with van der Waals surface area (Å²) < 4.78 is 0. The number of aromatic hydroxyl groups is 1. The number of carbonyl (C=O) groups excluding carboxylic acids is 1. The average Bonchev–Trinajstić information content (AvgIpc) is 2.14. The maximum absolute atomic E-state index is 10.3. The van der Waals surface area contributed by atoms with E-state index in [0.29, 0.717) is 0 Å². The second-order valence-corrected chi connectivity index (χ2v) is 2.73. The van der Waals surface area contributed by atoms with Crippen molar-refractivity contribution in [3.63, 3.8) is 0 Å². The van der Waals surface area contributed by atoms with Gasteiger partial charge in [0, 0.05) is 0 Å². The van der Waals surface area contributed by atoms with Crippen LogP contribution in [0.3, 0.4) is 0 Å². The van der Waals surface area contributed by atoms with Crippen LogP contribution in [0.15, 0.2) is 30.3 Å². The lowest BCUT2D eigenvalue weighted by Gasteiger charge is -2.03. The molecule has 0 amide bonds. The van der Waals surface area contributed by atoms with Crippen molar-refractivity contribution < 1.29 is 9.90 Å². The maximum Gasteiger partial charge on any atom is 0.143 e.